The Morgan fingerprint density at radius 1 is 0.830 bits per heavy atom. The van der Waals surface area contributed by atoms with Crippen molar-refractivity contribution in [2.45, 2.75) is 92.8 Å². The van der Waals surface area contributed by atoms with Gasteiger partial charge in [0.05, 0.1) is 32.5 Å². The highest BCUT2D eigenvalue weighted by Gasteiger charge is 2.54. The van der Waals surface area contributed by atoms with Gasteiger partial charge in [0.2, 0.25) is 0 Å². The molecule has 19 nitrogen and oxygen atoms in total. The minimum absolute atomic E-state index is 0.136. The number of aromatic hydroxyl groups is 4. The molecule has 0 spiro atoms. The fourth-order valence-electron chi connectivity index (χ4n) is 5.87. The average Bonchev–Trinajstić information content (AvgIpc) is 3.42. The molecular formula is C34H44O19. The van der Waals surface area contributed by atoms with Crippen LogP contribution in [0.3, 0.4) is 0 Å². The fourth-order valence-corrected chi connectivity index (χ4v) is 5.87. The standard InChI is InChI=1S/C34H44O19/c1-15-24(41)25(42)26(43)32(50-15)53-29-27(44)31(47-9-8-17-3-6-19(37)21(39)11-17)51-22(12-48-33-30(45)34(46,13-35)14-49-33)28(29)52-23(40)7-4-16-2-5-18(36)20(38)10-16/h2-7,10-11,15,22,24-33,35-39,41-46H,8-9,12-14H2,1H3/b7-4+/t15-,22+,24-,25+,26?,27+,28+,29+,30-,31+,32-,33+,34+/m0/s1. The van der Waals surface area contributed by atoms with Crippen molar-refractivity contribution < 1.29 is 94.1 Å². The van der Waals surface area contributed by atoms with Crippen LogP contribution in [0.4, 0.5) is 0 Å². The van der Waals surface area contributed by atoms with Crippen molar-refractivity contribution in [3.8, 4) is 23.0 Å². The predicted molar refractivity (Wildman–Crippen MR) is 174 cm³/mol. The maximum atomic E-state index is 13.2. The smallest absolute Gasteiger partial charge is 0.331 e. The van der Waals surface area contributed by atoms with Crippen molar-refractivity contribution in [2.75, 3.05) is 26.4 Å². The average molecular weight is 757 g/mol. The SMILES string of the molecule is C[C@@H]1O[C@@H](O[C@@H]2[C@@H](O)[C@H](OCCc3ccc(O)c(O)c3)O[C@H](CO[C@@H]3OC[C@](O)(CO)[C@H]3O)[C@H]2OC(=O)/C=C/c2ccc(O)c(O)c2)C(O)[C@H](O)[C@H]1O. The van der Waals surface area contributed by atoms with Crippen LogP contribution < -0.4 is 0 Å². The Balaban J connectivity index is 1.42. The predicted octanol–water partition coefficient (Wildman–Crippen LogP) is -2.55. The van der Waals surface area contributed by atoms with Gasteiger partial charge in [-0.15, -0.1) is 0 Å². The molecule has 11 N–H and O–H groups in total. The third kappa shape index (κ3) is 9.35. The minimum Gasteiger partial charge on any atom is -0.504 e. The van der Waals surface area contributed by atoms with E-state index in [1.54, 1.807) is 0 Å². The fraction of sp³-hybridized carbons (Fsp3) is 0.559. The first-order valence-corrected chi connectivity index (χ1v) is 16.6. The van der Waals surface area contributed by atoms with E-state index >= 15 is 0 Å². The molecule has 3 fully saturated rings. The molecule has 13 atom stereocenters. The molecule has 1 unspecified atom stereocenters. The summed E-state index contributed by atoms with van der Waals surface area (Å²) in [5.74, 6) is -2.62. The molecule has 2 aromatic rings. The van der Waals surface area contributed by atoms with Crippen LogP contribution in [0, 0.1) is 0 Å². The van der Waals surface area contributed by atoms with Crippen LogP contribution in [-0.2, 0) is 44.4 Å². The second-order valence-electron chi connectivity index (χ2n) is 13.0. The zero-order valence-corrected chi connectivity index (χ0v) is 28.3. The van der Waals surface area contributed by atoms with Crippen LogP contribution in [0.15, 0.2) is 42.5 Å². The number of ether oxygens (including phenoxy) is 7. The number of phenols is 4. The number of aliphatic hydroxyl groups excluding tert-OH is 6. The first-order chi connectivity index (χ1) is 25.1. The van der Waals surface area contributed by atoms with Gasteiger partial charge in [0, 0.05) is 6.08 Å². The van der Waals surface area contributed by atoms with Gasteiger partial charge >= 0.3 is 5.97 Å². The molecule has 0 aliphatic carbocycles. The lowest BCUT2D eigenvalue weighted by atomic mass is 9.96. The van der Waals surface area contributed by atoms with Gasteiger partial charge in [-0.1, -0.05) is 12.1 Å². The van der Waals surface area contributed by atoms with Crippen LogP contribution in [0.2, 0.25) is 0 Å². The molecule has 0 saturated carbocycles. The van der Waals surface area contributed by atoms with Crippen molar-refractivity contribution in [3.63, 3.8) is 0 Å². The third-order valence-electron chi connectivity index (χ3n) is 9.09. The first kappa shape index (κ1) is 40.5. The monoisotopic (exact) mass is 756 g/mol. The van der Waals surface area contributed by atoms with E-state index in [1.807, 2.05) is 0 Å². The van der Waals surface area contributed by atoms with E-state index in [-0.39, 0.29) is 30.1 Å². The largest absolute Gasteiger partial charge is 0.504 e. The summed E-state index contributed by atoms with van der Waals surface area (Å²) in [5, 5.41) is 112. The lowest BCUT2D eigenvalue weighted by Gasteiger charge is -2.46. The highest BCUT2D eigenvalue weighted by atomic mass is 16.8. The topological polar surface area (TPSA) is 304 Å². The van der Waals surface area contributed by atoms with E-state index in [1.165, 1.54) is 49.4 Å². The molecule has 3 aliphatic rings. The Morgan fingerprint density at radius 2 is 1.53 bits per heavy atom. The number of esters is 1. The van der Waals surface area contributed by atoms with Gasteiger partial charge in [-0.2, -0.15) is 0 Å². The Bertz CT molecular complexity index is 1570. The van der Waals surface area contributed by atoms with Crippen molar-refractivity contribution in [3.05, 3.63) is 53.6 Å². The highest BCUT2D eigenvalue weighted by Crippen LogP contribution is 2.34. The summed E-state index contributed by atoms with van der Waals surface area (Å²) >= 11 is 0. The summed E-state index contributed by atoms with van der Waals surface area (Å²) in [6.07, 6.45) is -17.0. The molecule has 5 rings (SSSR count). The van der Waals surface area contributed by atoms with Gasteiger partial charge in [0.1, 0.15) is 48.3 Å². The van der Waals surface area contributed by atoms with Crippen LogP contribution >= 0.6 is 0 Å². The van der Waals surface area contributed by atoms with E-state index in [4.69, 9.17) is 33.2 Å². The number of phenolic OH excluding ortho intramolecular Hbond substituents is 4. The molecule has 0 amide bonds. The summed E-state index contributed by atoms with van der Waals surface area (Å²) < 4.78 is 40.0. The number of aliphatic hydroxyl groups is 7. The van der Waals surface area contributed by atoms with Gasteiger partial charge in [-0.25, -0.2) is 4.79 Å². The first-order valence-electron chi connectivity index (χ1n) is 16.6. The minimum atomic E-state index is -2.05. The lowest BCUT2D eigenvalue weighted by molar-refractivity contribution is -0.360. The van der Waals surface area contributed by atoms with Crippen molar-refractivity contribution in [1.82, 2.24) is 0 Å². The van der Waals surface area contributed by atoms with E-state index in [0.717, 1.165) is 6.08 Å². The van der Waals surface area contributed by atoms with Crippen LogP contribution in [0.1, 0.15) is 18.1 Å². The zero-order valence-electron chi connectivity index (χ0n) is 28.3. The lowest BCUT2D eigenvalue weighted by Crippen LogP contribution is -2.65. The normalized spacial score (nSPS) is 36.2. The van der Waals surface area contributed by atoms with E-state index in [2.05, 4.69) is 0 Å². The molecule has 19 heteroatoms. The molecule has 3 aliphatic heterocycles. The van der Waals surface area contributed by atoms with E-state index < -0.39 is 117 Å². The molecule has 3 saturated heterocycles. The molecular weight excluding hydrogens is 712 g/mol. The number of carbonyl (C=O) groups is 1. The Morgan fingerprint density at radius 3 is 2.19 bits per heavy atom. The second-order valence-corrected chi connectivity index (χ2v) is 13.0. The zero-order chi connectivity index (χ0) is 38.6. The second kappa shape index (κ2) is 17.2. The van der Waals surface area contributed by atoms with Crippen molar-refractivity contribution >= 4 is 12.0 Å². The number of rotatable bonds is 13. The molecule has 53 heavy (non-hydrogen) atoms. The van der Waals surface area contributed by atoms with Crippen LogP contribution in [-0.4, -0.2) is 168 Å². The molecule has 2 aromatic carbocycles. The van der Waals surface area contributed by atoms with Crippen LogP contribution in [0.25, 0.3) is 6.08 Å². The van der Waals surface area contributed by atoms with Crippen LogP contribution in [0.5, 0.6) is 23.0 Å². The maximum absolute atomic E-state index is 13.2. The maximum Gasteiger partial charge on any atom is 0.331 e. The summed E-state index contributed by atoms with van der Waals surface area (Å²) in [5.41, 5.74) is -1.24. The molecule has 3 heterocycles. The van der Waals surface area contributed by atoms with Gasteiger partial charge < -0.3 is 89.3 Å². The van der Waals surface area contributed by atoms with Crippen molar-refractivity contribution in [1.29, 1.82) is 0 Å². The van der Waals surface area contributed by atoms with Gasteiger partial charge in [0.25, 0.3) is 0 Å². The van der Waals surface area contributed by atoms with E-state index in [0.29, 0.717) is 5.56 Å². The number of benzene rings is 2. The third-order valence-corrected chi connectivity index (χ3v) is 9.09. The summed E-state index contributed by atoms with van der Waals surface area (Å²) in [6.45, 7) is -0.718. The summed E-state index contributed by atoms with van der Waals surface area (Å²) in [6, 6.07) is 7.83. The van der Waals surface area contributed by atoms with Gasteiger partial charge in [0.15, 0.2) is 48.0 Å². The van der Waals surface area contributed by atoms with Gasteiger partial charge in [-0.05, 0) is 54.8 Å². The Hall–Kier alpha value is -3.67. The van der Waals surface area contributed by atoms with E-state index in [9.17, 15) is 61.0 Å². The molecule has 0 aromatic heterocycles. The summed E-state index contributed by atoms with van der Waals surface area (Å²) in [4.78, 5) is 13.2. The summed E-state index contributed by atoms with van der Waals surface area (Å²) in [7, 11) is 0. The Kier molecular flexibility index (Phi) is 13.2. The van der Waals surface area contributed by atoms with Gasteiger partial charge in [-0.3, -0.25) is 0 Å². The molecule has 0 bridgehead atoms. The highest BCUT2D eigenvalue weighted by molar-refractivity contribution is 5.87. The number of carbonyl (C=O) groups excluding carboxylic acids is 1. The van der Waals surface area contributed by atoms with Crippen molar-refractivity contribution in [2.24, 2.45) is 0 Å². The number of hydrogen-bond donors (Lipinski definition) is 11. The quantitative estimate of drug-likeness (QED) is 0.0569. The molecule has 0 radical (unpaired) electrons. The Labute approximate surface area is 302 Å². The molecule has 294 valence electrons. The number of hydrogen-bond acceptors (Lipinski definition) is 19.